The number of benzene rings is 1. The average molecular weight is 176 g/mol. The monoisotopic (exact) mass is 176 g/mol. The molecule has 1 aromatic rings. The van der Waals surface area contributed by atoms with Crippen LogP contribution in [0.4, 0.5) is 13.2 Å². The van der Waals surface area contributed by atoms with Crippen LogP contribution in [0.25, 0.3) is 0 Å². The lowest BCUT2D eigenvalue weighted by molar-refractivity contribution is -0.274. The van der Waals surface area contributed by atoms with Crippen molar-refractivity contribution >= 4 is 8.41 Å². The fourth-order valence-electron chi connectivity index (χ4n) is 0.622. The average Bonchev–Trinajstić information content (AvgIpc) is 1.85. The van der Waals surface area contributed by atoms with Gasteiger partial charge < -0.3 is 4.74 Å². The molecule has 0 aliphatic rings. The van der Waals surface area contributed by atoms with Gasteiger partial charge in [0.1, 0.15) is 5.75 Å². The Balaban J connectivity index is 0.00000121. The SMILES string of the molecule is B.FC(F)(F)Oc1ccccc1. The zero-order valence-electron chi connectivity index (χ0n) is 5.43. The number of alkyl halides is 3. The first-order valence-electron chi connectivity index (χ1n) is 2.89. The minimum absolute atomic E-state index is 0. The summed E-state index contributed by atoms with van der Waals surface area (Å²) < 4.78 is 38.2. The molecule has 0 aliphatic heterocycles. The first-order chi connectivity index (χ1) is 5.08. The van der Waals surface area contributed by atoms with Crippen molar-refractivity contribution in [3.63, 3.8) is 0 Å². The zero-order valence-corrected chi connectivity index (χ0v) is 5.43. The molecule has 66 valence electrons. The van der Waals surface area contributed by atoms with Crippen LogP contribution >= 0.6 is 0 Å². The second-order valence-corrected chi connectivity index (χ2v) is 1.86. The Bertz CT molecular complexity index is 222. The molecule has 0 heterocycles. The van der Waals surface area contributed by atoms with Crippen LogP contribution in [0, 0.1) is 0 Å². The second kappa shape index (κ2) is 4.04. The van der Waals surface area contributed by atoms with Gasteiger partial charge in [0.15, 0.2) is 0 Å². The highest BCUT2D eigenvalue weighted by atomic mass is 19.4. The first kappa shape index (κ1) is 10.9. The van der Waals surface area contributed by atoms with Gasteiger partial charge in [-0.15, -0.1) is 13.2 Å². The fourth-order valence-corrected chi connectivity index (χ4v) is 0.622. The van der Waals surface area contributed by atoms with E-state index in [1.807, 2.05) is 0 Å². The third-order valence-electron chi connectivity index (χ3n) is 0.977. The van der Waals surface area contributed by atoms with Gasteiger partial charge >= 0.3 is 6.36 Å². The number of rotatable bonds is 1. The van der Waals surface area contributed by atoms with E-state index < -0.39 is 6.36 Å². The van der Waals surface area contributed by atoms with Gasteiger partial charge in [0.05, 0.1) is 8.41 Å². The predicted molar refractivity (Wildman–Crippen MR) is 43.1 cm³/mol. The van der Waals surface area contributed by atoms with E-state index in [9.17, 15) is 13.2 Å². The van der Waals surface area contributed by atoms with Crippen LogP contribution in [-0.2, 0) is 0 Å². The number of hydrogen-bond donors (Lipinski definition) is 0. The van der Waals surface area contributed by atoms with E-state index in [4.69, 9.17) is 0 Å². The summed E-state index contributed by atoms with van der Waals surface area (Å²) in [6.07, 6.45) is -4.60. The summed E-state index contributed by atoms with van der Waals surface area (Å²) >= 11 is 0. The van der Waals surface area contributed by atoms with E-state index in [1.165, 1.54) is 24.3 Å². The third-order valence-corrected chi connectivity index (χ3v) is 0.977. The van der Waals surface area contributed by atoms with Gasteiger partial charge in [-0.25, -0.2) is 0 Å². The molecule has 0 radical (unpaired) electrons. The lowest BCUT2D eigenvalue weighted by Gasteiger charge is -2.07. The van der Waals surface area contributed by atoms with Gasteiger partial charge in [-0.2, -0.15) is 0 Å². The number of hydrogen-bond acceptors (Lipinski definition) is 1. The Morgan fingerprint density at radius 2 is 1.50 bits per heavy atom. The molecule has 12 heavy (non-hydrogen) atoms. The number of para-hydroxylation sites is 1. The van der Waals surface area contributed by atoms with E-state index in [0.717, 1.165) is 0 Å². The molecule has 5 heteroatoms. The quantitative estimate of drug-likeness (QED) is 0.587. The summed E-state index contributed by atoms with van der Waals surface area (Å²) in [5.41, 5.74) is 0. The first-order valence-corrected chi connectivity index (χ1v) is 2.89. The summed E-state index contributed by atoms with van der Waals surface area (Å²) in [5, 5.41) is 0. The van der Waals surface area contributed by atoms with Gasteiger partial charge in [0.25, 0.3) is 0 Å². The second-order valence-electron chi connectivity index (χ2n) is 1.86. The Labute approximate surface area is 69.7 Å². The molecule has 1 nitrogen and oxygen atoms in total. The van der Waals surface area contributed by atoms with Crippen molar-refractivity contribution in [2.45, 2.75) is 6.36 Å². The molecule has 1 rings (SSSR count). The van der Waals surface area contributed by atoms with Crippen LogP contribution in [0.15, 0.2) is 30.3 Å². The highest BCUT2D eigenvalue weighted by molar-refractivity contribution is 5.75. The van der Waals surface area contributed by atoms with E-state index in [2.05, 4.69) is 4.74 Å². The third kappa shape index (κ3) is 3.90. The molecule has 0 saturated heterocycles. The molecular formula is C7H8BF3O. The highest BCUT2D eigenvalue weighted by Crippen LogP contribution is 2.21. The standard InChI is InChI=1S/C7H5F3O.BH3/c8-7(9,10)11-6-4-2-1-3-5-6;/h1-5H;1H3. The Hall–Kier alpha value is -1.13. The van der Waals surface area contributed by atoms with E-state index in [0.29, 0.717) is 0 Å². The Morgan fingerprint density at radius 1 is 1.00 bits per heavy atom. The summed E-state index contributed by atoms with van der Waals surface area (Å²) in [4.78, 5) is 0. The maximum absolute atomic E-state index is 11.5. The molecule has 0 unspecified atom stereocenters. The van der Waals surface area contributed by atoms with Crippen LogP contribution < -0.4 is 4.74 Å². The largest absolute Gasteiger partial charge is 0.573 e. The maximum atomic E-state index is 11.5. The van der Waals surface area contributed by atoms with Crippen molar-refractivity contribution in [2.75, 3.05) is 0 Å². The maximum Gasteiger partial charge on any atom is 0.573 e. The van der Waals surface area contributed by atoms with Crippen molar-refractivity contribution in [3.8, 4) is 5.75 Å². The molecule has 0 saturated carbocycles. The summed E-state index contributed by atoms with van der Waals surface area (Å²) in [6, 6.07) is 7.05. The van der Waals surface area contributed by atoms with Gasteiger partial charge in [-0.05, 0) is 12.1 Å². The van der Waals surface area contributed by atoms with Gasteiger partial charge in [0, 0.05) is 0 Å². The van der Waals surface area contributed by atoms with E-state index >= 15 is 0 Å². The molecular weight excluding hydrogens is 168 g/mol. The molecule has 0 N–H and O–H groups in total. The van der Waals surface area contributed by atoms with Crippen molar-refractivity contribution in [1.82, 2.24) is 0 Å². The molecule has 0 amide bonds. The van der Waals surface area contributed by atoms with E-state index in [-0.39, 0.29) is 14.2 Å². The lowest BCUT2D eigenvalue weighted by Crippen LogP contribution is -2.16. The Kier molecular flexibility index (Phi) is 3.66. The van der Waals surface area contributed by atoms with Crippen molar-refractivity contribution < 1.29 is 17.9 Å². The highest BCUT2D eigenvalue weighted by Gasteiger charge is 2.30. The number of ether oxygens (including phenoxy) is 1. The van der Waals surface area contributed by atoms with Crippen LogP contribution in [0.3, 0.4) is 0 Å². The van der Waals surface area contributed by atoms with Crippen LogP contribution in [0.1, 0.15) is 0 Å². The van der Waals surface area contributed by atoms with Gasteiger partial charge in [0.2, 0.25) is 0 Å². The molecule has 1 aromatic carbocycles. The fraction of sp³-hybridized carbons (Fsp3) is 0.143. The predicted octanol–water partition coefficient (Wildman–Crippen LogP) is 1.40. The van der Waals surface area contributed by atoms with Crippen LogP contribution in [-0.4, -0.2) is 14.8 Å². The number of halogens is 3. The molecule has 0 aliphatic carbocycles. The lowest BCUT2D eigenvalue weighted by atomic mass is 10.3. The minimum Gasteiger partial charge on any atom is -0.406 e. The topological polar surface area (TPSA) is 9.23 Å². The Morgan fingerprint density at radius 3 is 1.92 bits per heavy atom. The van der Waals surface area contributed by atoms with Crippen LogP contribution in [0.2, 0.25) is 0 Å². The molecule has 0 atom stereocenters. The minimum atomic E-state index is -4.60. The van der Waals surface area contributed by atoms with E-state index in [1.54, 1.807) is 6.07 Å². The molecule has 0 aromatic heterocycles. The smallest absolute Gasteiger partial charge is 0.406 e. The van der Waals surface area contributed by atoms with Crippen LogP contribution in [0.5, 0.6) is 5.75 Å². The van der Waals surface area contributed by atoms with Gasteiger partial charge in [-0.1, -0.05) is 18.2 Å². The molecule has 0 fully saturated rings. The van der Waals surface area contributed by atoms with Crippen molar-refractivity contribution in [3.05, 3.63) is 30.3 Å². The van der Waals surface area contributed by atoms with Gasteiger partial charge in [-0.3, -0.25) is 0 Å². The van der Waals surface area contributed by atoms with Crippen molar-refractivity contribution in [1.29, 1.82) is 0 Å². The summed E-state index contributed by atoms with van der Waals surface area (Å²) in [5.74, 6) is -0.194. The normalized spacial score (nSPS) is 10.2. The zero-order chi connectivity index (χ0) is 8.32. The van der Waals surface area contributed by atoms with Crippen molar-refractivity contribution in [2.24, 2.45) is 0 Å². The molecule has 0 spiro atoms. The summed E-state index contributed by atoms with van der Waals surface area (Å²) in [7, 11) is 0. The molecule has 0 bridgehead atoms. The summed E-state index contributed by atoms with van der Waals surface area (Å²) in [6.45, 7) is 0.